The molecule has 6 rings (SSSR count). The van der Waals surface area contributed by atoms with E-state index in [0.29, 0.717) is 69.8 Å². The van der Waals surface area contributed by atoms with Crippen LogP contribution in [0, 0.1) is 11.6 Å². The average molecular weight is 909 g/mol. The van der Waals surface area contributed by atoms with E-state index in [1.54, 1.807) is 109 Å². The maximum Gasteiger partial charge on any atom is 0.343 e. The van der Waals surface area contributed by atoms with Crippen LogP contribution in [0.5, 0.6) is 23.0 Å². The Hall–Kier alpha value is -7.08. The number of benzene rings is 6. The van der Waals surface area contributed by atoms with E-state index in [9.17, 15) is 9.59 Å². The van der Waals surface area contributed by atoms with E-state index in [1.807, 2.05) is 0 Å². The largest absolute Gasteiger partial charge is 0.494 e. The quantitative estimate of drug-likeness (QED) is 0.0231. The smallest absolute Gasteiger partial charge is 0.343 e. The molecule has 0 saturated carbocycles. The van der Waals surface area contributed by atoms with Crippen molar-refractivity contribution in [2.75, 3.05) is 13.2 Å². The highest BCUT2D eigenvalue weighted by molar-refractivity contribution is 5.91. The van der Waals surface area contributed by atoms with Gasteiger partial charge in [-0.05, 0) is 152 Å². The fraction of sp³-hybridized carbons (Fsp3) is 0.309. The zero-order valence-corrected chi connectivity index (χ0v) is 38.3. The van der Waals surface area contributed by atoms with Crippen LogP contribution in [0.2, 0.25) is 0 Å². The summed E-state index contributed by atoms with van der Waals surface area (Å²) >= 11 is 0. The molecule has 0 aromatic heterocycles. The van der Waals surface area contributed by atoms with Crippen LogP contribution in [0.25, 0.3) is 0 Å². The molecule has 6 aromatic carbocycles. The fourth-order valence-electron chi connectivity index (χ4n) is 6.95. The first-order chi connectivity index (χ1) is 32.8. The Morgan fingerprint density at radius 2 is 0.776 bits per heavy atom. The van der Waals surface area contributed by atoms with Gasteiger partial charge in [-0.3, -0.25) is 0 Å². The third-order valence-electron chi connectivity index (χ3n) is 10.8. The highest BCUT2D eigenvalue weighted by Crippen LogP contribution is 2.28. The summed E-state index contributed by atoms with van der Waals surface area (Å²) in [5.74, 6) is -0.128. The normalized spacial score (nSPS) is 11.3. The van der Waals surface area contributed by atoms with Gasteiger partial charge in [0.1, 0.15) is 34.4 Å². The van der Waals surface area contributed by atoms with E-state index in [1.165, 1.54) is 75.6 Å². The van der Waals surface area contributed by atoms with Crippen LogP contribution in [-0.4, -0.2) is 25.2 Å². The summed E-state index contributed by atoms with van der Waals surface area (Å²) < 4.78 is 52.8. The van der Waals surface area contributed by atoms with Crippen molar-refractivity contribution in [3.05, 3.63) is 167 Å². The zero-order valence-electron chi connectivity index (χ0n) is 38.3. The minimum Gasteiger partial charge on any atom is -0.494 e. The molecule has 0 aliphatic rings. The van der Waals surface area contributed by atoms with Crippen molar-refractivity contribution in [2.24, 2.45) is 20.5 Å². The lowest BCUT2D eigenvalue weighted by Crippen LogP contribution is -2.08. The SMILES string of the molecule is CCCCCCCCOc1ccc(C(=O)Oc2ccc(N=Nc3ccc(Cc4ccc(N=Nc5ccc(OC(=O)c6ccc(OCCCCCCCC)cc6)cc5)c(F)c4)cc3F)cc2)cc1. The number of esters is 2. The molecule has 0 amide bonds. The molecule has 0 radical (unpaired) electrons. The summed E-state index contributed by atoms with van der Waals surface area (Å²) in [4.78, 5) is 25.4. The number of carbonyl (C=O) groups is 2. The van der Waals surface area contributed by atoms with Crippen LogP contribution in [0.3, 0.4) is 0 Å². The highest BCUT2D eigenvalue weighted by atomic mass is 19.1. The first-order valence-corrected chi connectivity index (χ1v) is 23.3. The van der Waals surface area contributed by atoms with Gasteiger partial charge in [-0.25, -0.2) is 18.4 Å². The van der Waals surface area contributed by atoms with Crippen molar-refractivity contribution in [1.82, 2.24) is 0 Å². The minimum absolute atomic E-state index is 0.0289. The van der Waals surface area contributed by atoms with Gasteiger partial charge in [-0.1, -0.05) is 90.2 Å². The number of rotatable bonds is 26. The summed E-state index contributed by atoms with van der Waals surface area (Å²) in [6.45, 7) is 5.69. The molecule has 0 aliphatic carbocycles. The molecule has 6 aromatic rings. The number of hydrogen-bond donors (Lipinski definition) is 0. The predicted octanol–water partition coefficient (Wildman–Crippen LogP) is 16.3. The molecule has 348 valence electrons. The van der Waals surface area contributed by atoms with Crippen LogP contribution in [0.15, 0.2) is 154 Å². The monoisotopic (exact) mass is 908 g/mol. The minimum atomic E-state index is -0.588. The number of halogens is 2. The molecule has 0 spiro atoms. The second-order valence-corrected chi connectivity index (χ2v) is 16.2. The van der Waals surface area contributed by atoms with Crippen molar-refractivity contribution in [3.63, 3.8) is 0 Å². The lowest BCUT2D eigenvalue weighted by molar-refractivity contribution is 0.0725. The molecular weight excluding hydrogens is 851 g/mol. The second kappa shape index (κ2) is 26.8. The Kier molecular flexibility index (Phi) is 19.7. The van der Waals surface area contributed by atoms with Gasteiger partial charge in [0.2, 0.25) is 0 Å². The molecule has 10 nitrogen and oxygen atoms in total. The molecule has 0 N–H and O–H groups in total. The van der Waals surface area contributed by atoms with Crippen molar-refractivity contribution < 1.29 is 37.3 Å². The maximum atomic E-state index is 15.1. The van der Waals surface area contributed by atoms with Gasteiger partial charge in [0, 0.05) is 0 Å². The van der Waals surface area contributed by atoms with Gasteiger partial charge in [0.15, 0.2) is 11.6 Å². The molecule has 0 saturated heterocycles. The number of unbranched alkanes of at least 4 members (excludes halogenated alkanes) is 10. The van der Waals surface area contributed by atoms with Crippen molar-refractivity contribution in [2.45, 2.75) is 97.3 Å². The third-order valence-corrected chi connectivity index (χ3v) is 10.8. The molecule has 0 aliphatic heterocycles. The fourth-order valence-corrected chi connectivity index (χ4v) is 6.95. The lowest BCUT2D eigenvalue weighted by Gasteiger charge is -2.08. The Balaban J connectivity index is 0.921. The summed E-state index contributed by atoms with van der Waals surface area (Å²) in [5, 5.41) is 16.4. The van der Waals surface area contributed by atoms with Crippen LogP contribution in [0.4, 0.5) is 31.5 Å². The number of azo groups is 2. The van der Waals surface area contributed by atoms with Crippen LogP contribution in [-0.2, 0) is 6.42 Å². The Bertz CT molecular complexity index is 2350. The van der Waals surface area contributed by atoms with Crippen molar-refractivity contribution in [1.29, 1.82) is 0 Å². The molecule has 0 unspecified atom stereocenters. The summed E-state index contributed by atoms with van der Waals surface area (Å²) in [6.07, 6.45) is 14.5. The second-order valence-electron chi connectivity index (χ2n) is 16.2. The predicted molar refractivity (Wildman–Crippen MR) is 257 cm³/mol. The Labute approximate surface area is 392 Å². The summed E-state index contributed by atoms with van der Waals surface area (Å²) in [5.41, 5.74) is 2.93. The molecule has 0 bridgehead atoms. The van der Waals surface area contributed by atoms with Gasteiger partial charge in [0.05, 0.1) is 35.7 Å². The lowest BCUT2D eigenvalue weighted by atomic mass is 10.0. The number of carbonyl (C=O) groups excluding carboxylic acids is 2. The van der Waals surface area contributed by atoms with E-state index >= 15 is 8.78 Å². The summed E-state index contributed by atoms with van der Waals surface area (Å²) in [7, 11) is 0. The topological polar surface area (TPSA) is 121 Å². The van der Waals surface area contributed by atoms with Crippen LogP contribution in [0.1, 0.15) is 123 Å². The number of hydrogen-bond acceptors (Lipinski definition) is 10. The van der Waals surface area contributed by atoms with Crippen LogP contribution < -0.4 is 18.9 Å². The van der Waals surface area contributed by atoms with Crippen molar-refractivity contribution in [3.8, 4) is 23.0 Å². The van der Waals surface area contributed by atoms with E-state index in [2.05, 4.69) is 34.3 Å². The molecule has 0 atom stereocenters. The molecule has 67 heavy (non-hydrogen) atoms. The summed E-state index contributed by atoms with van der Waals surface area (Å²) in [6, 6.07) is 35.6. The first-order valence-electron chi connectivity index (χ1n) is 23.3. The third kappa shape index (κ3) is 16.7. The number of ether oxygens (including phenoxy) is 4. The molecule has 0 heterocycles. The van der Waals surface area contributed by atoms with E-state index in [-0.39, 0.29) is 17.8 Å². The van der Waals surface area contributed by atoms with Gasteiger partial charge in [0.25, 0.3) is 0 Å². The maximum absolute atomic E-state index is 15.1. The molecular formula is C55H58F2N4O6. The average Bonchev–Trinajstić information content (AvgIpc) is 3.34. The van der Waals surface area contributed by atoms with Crippen molar-refractivity contribution >= 4 is 34.7 Å². The van der Waals surface area contributed by atoms with Crippen LogP contribution >= 0.6 is 0 Å². The first kappa shape index (κ1) is 49.4. The Morgan fingerprint density at radius 3 is 1.15 bits per heavy atom. The van der Waals surface area contributed by atoms with Gasteiger partial charge >= 0.3 is 11.9 Å². The van der Waals surface area contributed by atoms with E-state index in [4.69, 9.17) is 18.9 Å². The zero-order chi connectivity index (χ0) is 47.1. The van der Waals surface area contributed by atoms with E-state index in [0.717, 1.165) is 25.7 Å². The molecule has 12 heteroatoms. The van der Waals surface area contributed by atoms with Gasteiger partial charge < -0.3 is 18.9 Å². The highest BCUT2D eigenvalue weighted by Gasteiger charge is 2.12. The van der Waals surface area contributed by atoms with Gasteiger partial charge in [-0.15, -0.1) is 10.2 Å². The molecule has 0 fully saturated rings. The van der Waals surface area contributed by atoms with E-state index < -0.39 is 23.6 Å². The number of nitrogens with zero attached hydrogens (tertiary/aromatic N) is 4. The van der Waals surface area contributed by atoms with Gasteiger partial charge in [-0.2, -0.15) is 10.2 Å². The Morgan fingerprint density at radius 1 is 0.418 bits per heavy atom. The standard InChI is InChI=1S/C55H58F2N4O6/c1-3-5-7-9-11-13-35-64-46-25-17-42(18-26-46)54(62)66-48-29-21-44(22-30-48)58-60-52-33-15-40(38-50(52)56)37-41-16-34-53(51(57)39-41)61-59-45-23-31-49(32-24-45)67-55(63)43-19-27-47(28-20-43)65-36-14-12-10-8-6-4-2/h15-34,38-39H,3-14,35-37H2,1-2H3.